The summed E-state index contributed by atoms with van der Waals surface area (Å²) >= 11 is 5.93. The maximum atomic E-state index is 12.6. The molecule has 1 fully saturated rings. The Morgan fingerprint density at radius 2 is 1.88 bits per heavy atom. The molecule has 1 aromatic carbocycles. The highest BCUT2D eigenvalue weighted by Gasteiger charge is 2.34. The summed E-state index contributed by atoms with van der Waals surface area (Å²) < 4.78 is 41.7. The van der Waals surface area contributed by atoms with Gasteiger partial charge in [0.1, 0.15) is 5.02 Å². The van der Waals surface area contributed by atoms with Gasteiger partial charge in [-0.25, -0.2) is 5.10 Å². The fraction of sp³-hybridized carbons (Fsp3) is 0.267. The molecule has 3 rings (SSSR count). The lowest BCUT2D eigenvalue weighted by molar-refractivity contribution is -0.274. The number of benzene rings is 1. The number of H-pyrrole nitrogens is 1. The van der Waals surface area contributed by atoms with Crippen LogP contribution in [0, 0.1) is 0 Å². The van der Waals surface area contributed by atoms with E-state index in [0.717, 1.165) is 6.07 Å². The van der Waals surface area contributed by atoms with Crippen molar-refractivity contribution in [3.63, 3.8) is 0 Å². The molecule has 0 unspecified atom stereocenters. The summed E-state index contributed by atoms with van der Waals surface area (Å²) in [6.07, 6.45) is -3.56. The van der Waals surface area contributed by atoms with Gasteiger partial charge in [0.05, 0.1) is 24.1 Å². The van der Waals surface area contributed by atoms with E-state index in [2.05, 4.69) is 14.9 Å². The Balaban J connectivity index is 1.83. The molecule has 138 valence electrons. The maximum absolute atomic E-state index is 12.6. The average molecular weight is 389 g/mol. The maximum Gasteiger partial charge on any atom is 0.573 e. The van der Waals surface area contributed by atoms with Crippen LogP contribution in [0.15, 0.2) is 35.3 Å². The van der Waals surface area contributed by atoms with Gasteiger partial charge >= 0.3 is 6.36 Å². The number of piperazine rings is 1. The summed E-state index contributed by atoms with van der Waals surface area (Å²) in [5.74, 6) is -0.927. The van der Waals surface area contributed by atoms with Gasteiger partial charge < -0.3 is 14.5 Å². The van der Waals surface area contributed by atoms with E-state index >= 15 is 0 Å². The van der Waals surface area contributed by atoms with Crippen molar-refractivity contribution in [2.75, 3.05) is 29.4 Å². The second-order valence-electron chi connectivity index (χ2n) is 5.38. The van der Waals surface area contributed by atoms with Crippen molar-refractivity contribution < 1.29 is 22.7 Å². The zero-order chi connectivity index (χ0) is 18.9. The molecular formula is C15H12ClF3N4O3. The highest BCUT2D eigenvalue weighted by Crippen LogP contribution is 2.34. The fourth-order valence-electron chi connectivity index (χ4n) is 2.62. The molecule has 0 spiro atoms. The number of ether oxygens (including phenoxy) is 1. The predicted molar refractivity (Wildman–Crippen MR) is 87.6 cm³/mol. The average Bonchev–Trinajstić information content (AvgIpc) is 2.57. The molecule has 26 heavy (non-hydrogen) atoms. The van der Waals surface area contributed by atoms with Gasteiger partial charge in [-0.1, -0.05) is 23.7 Å². The number of carbonyl (C=O) groups excluding carboxylic acids is 1. The standard InChI is InChI=1S/C15H12ClF3N4O3/c16-13-10(7-20-21-14(13)25)22-5-6-23(12(24)8-22)9-3-1-2-4-11(9)26-15(17,18)19/h1-4,7H,5-6,8H2,(H,21,25). The minimum absolute atomic E-state index is 0.0182. The molecule has 1 aliphatic heterocycles. The Bertz CT molecular complexity index is 887. The van der Waals surface area contributed by atoms with Crippen molar-refractivity contribution in [2.24, 2.45) is 0 Å². The van der Waals surface area contributed by atoms with Crippen LogP contribution in [0.3, 0.4) is 0 Å². The molecule has 1 N–H and O–H groups in total. The van der Waals surface area contributed by atoms with Gasteiger partial charge in [0.15, 0.2) is 5.75 Å². The van der Waals surface area contributed by atoms with Crippen molar-refractivity contribution in [1.82, 2.24) is 10.2 Å². The fourth-order valence-corrected chi connectivity index (χ4v) is 2.83. The minimum atomic E-state index is -4.87. The molecule has 7 nitrogen and oxygen atoms in total. The Kier molecular flexibility index (Phi) is 4.77. The quantitative estimate of drug-likeness (QED) is 0.872. The number of amides is 1. The van der Waals surface area contributed by atoms with Crippen molar-refractivity contribution in [2.45, 2.75) is 6.36 Å². The molecule has 1 amide bonds. The number of anilines is 2. The summed E-state index contributed by atoms with van der Waals surface area (Å²) in [6, 6.07) is 5.40. The Hall–Kier alpha value is -2.75. The summed E-state index contributed by atoms with van der Waals surface area (Å²) in [7, 11) is 0. The molecule has 0 aliphatic carbocycles. The number of nitrogens with one attached hydrogen (secondary N) is 1. The van der Waals surface area contributed by atoms with E-state index in [1.165, 1.54) is 34.2 Å². The topological polar surface area (TPSA) is 78.5 Å². The Morgan fingerprint density at radius 3 is 2.58 bits per heavy atom. The van der Waals surface area contributed by atoms with E-state index < -0.39 is 23.6 Å². The first-order valence-corrected chi connectivity index (χ1v) is 7.77. The number of nitrogens with zero attached hydrogens (tertiary/aromatic N) is 3. The van der Waals surface area contributed by atoms with Crippen molar-refractivity contribution >= 4 is 28.9 Å². The van der Waals surface area contributed by atoms with Crippen molar-refractivity contribution in [1.29, 1.82) is 0 Å². The first-order valence-electron chi connectivity index (χ1n) is 7.39. The third-order valence-electron chi connectivity index (χ3n) is 3.72. The lowest BCUT2D eigenvalue weighted by Crippen LogP contribution is -2.51. The molecule has 2 heterocycles. The monoisotopic (exact) mass is 388 g/mol. The highest BCUT2D eigenvalue weighted by atomic mass is 35.5. The van der Waals surface area contributed by atoms with Gasteiger partial charge in [0.25, 0.3) is 5.56 Å². The van der Waals surface area contributed by atoms with Gasteiger partial charge in [-0.2, -0.15) is 5.10 Å². The summed E-state index contributed by atoms with van der Waals surface area (Å²) in [6.45, 7) is 0.155. The zero-order valence-corrected chi connectivity index (χ0v) is 13.8. The van der Waals surface area contributed by atoms with E-state index in [4.69, 9.17) is 11.6 Å². The number of hydrogen-bond acceptors (Lipinski definition) is 5. The number of carbonyl (C=O) groups is 1. The summed E-state index contributed by atoms with van der Waals surface area (Å²) in [4.78, 5) is 26.8. The lowest BCUT2D eigenvalue weighted by Gasteiger charge is -2.36. The SMILES string of the molecule is O=C1CN(c2cn[nH]c(=O)c2Cl)CCN1c1ccccc1OC(F)(F)F. The molecule has 11 heteroatoms. The van der Waals surface area contributed by atoms with E-state index in [1.54, 1.807) is 0 Å². The largest absolute Gasteiger partial charge is 0.573 e. The first-order chi connectivity index (χ1) is 12.3. The lowest BCUT2D eigenvalue weighted by atomic mass is 10.2. The number of hydrogen-bond donors (Lipinski definition) is 1. The van der Waals surface area contributed by atoms with Gasteiger partial charge in [-0.15, -0.1) is 13.2 Å². The zero-order valence-electron chi connectivity index (χ0n) is 13.1. The van der Waals surface area contributed by atoms with Crippen LogP contribution in [0.4, 0.5) is 24.5 Å². The van der Waals surface area contributed by atoms with Crippen LogP contribution >= 0.6 is 11.6 Å². The smallest absolute Gasteiger partial charge is 0.404 e. The predicted octanol–water partition coefficient (Wildman–Crippen LogP) is 2.18. The highest BCUT2D eigenvalue weighted by molar-refractivity contribution is 6.33. The van der Waals surface area contributed by atoms with Crippen molar-refractivity contribution in [3.05, 3.63) is 45.8 Å². The molecule has 0 radical (unpaired) electrons. The van der Waals surface area contributed by atoms with Crippen LogP contribution in [-0.2, 0) is 4.79 Å². The van der Waals surface area contributed by atoms with Crippen LogP contribution in [0.5, 0.6) is 5.75 Å². The number of para-hydroxylation sites is 2. The van der Waals surface area contributed by atoms with E-state index in [-0.39, 0.29) is 36.0 Å². The van der Waals surface area contributed by atoms with Crippen LogP contribution in [0.25, 0.3) is 0 Å². The number of aromatic amines is 1. The third kappa shape index (κ3) is 3.74. The normalized spacial score (nSPS) is 15.3. The molecule has 0 saturated carbocycles. The van der Waals surface area contributed by atoms with Crippen LogP contribution in [0.1, 0.15) is 0 Å². The second-order valence-corrected chi connectivity index (χ2v) is 5.76. The number of alkyl halides is 3. The van der Waals surface area contributed by atoms with Crippen molar-refractivity contribution in [3.8, 4) is 5.75 Å². The molecule has 1 aliphatic rings. The van der Waals surface area contributed by atoms with E-state index in [0.29, 0.717) is 0 Å². The first kappa shape index (κ1) is 18.1. The Labute approximate surface area is 149 Å². The number of aromatic nitrogens is 2. The van der Waals surface area contributed by atoms with Crippen LogP contribution in [-0.4, -0.2) is 42.1 Å². The summed E-state index contributed by atoms with van der Waals surface area (Å²) in [5.41, 5.74) is -0.296. The molecule has 1 saturated heterocycles. The molecule has 0 atom stereocenters. The third-order valence-corrected chi connectivity index (χ3v) is 4.09. The molecular weight excluding hydrogens is 377 g/mol. The van der Waals surface area contributed by atoms with Gasteiger partial charge in [0.2, 0.25) is 5.91 Å². The van der Waals surface area contributed by atoms with E-state index in [1.807, 2.05) is 0 Å². The second kappa shape index (κ2) is 6.87. The van der Waals surface area contributed by atoms with E-state index in [9.17, 15) is 22.8 Å². The van der Waals surface area contributed by atoms with Gasteiger partial charge in [-0.3, -0.25) is 9.59 Å². The van der Waals surface area contributed by atoms with Gasteiger partial charge in [-0.05, 0) is 12.1 Å². The minimum Gasteiger partial charge on any atom is -0.404 e. The molecule has 2 aromatic rings. The van der Waals surface area contributed by atoms with Crippen LogP contribution < -0.4 is 20.1 Å². The van der Waals surface area contributed by atoms with Crippen LogP contribution in [0.2, 0.25) is 5.02 Å². The Morgan fingerprint density at radius 1 is 1.15 bits per heavy atom. The van der Waals surface area contributed by atoms with Gasteiger partial charge in [0, 0.05) is 13.1 Å². The summed E-state index contributed by atoms with van der Waals surface area (Å²) in [5, 5.41) is 5.71. The number of rotatable bonds is 3. The molecule has 0 bridgehead atoms. The molecule has 1 aromatic heterocycles. The number of halogens is 4.